The highest BCUT2D eigenvalue weighted by molar-refractivity contribution is 6.09. The summed E-state index contributed by atoms with van der Waals surface area (Å²) in [4.78, 5) is 22.1. The second-order valence-corrected chi connectivity index (χ2v) is 3.47. The second-order valence-electron chi connectivity index (χ2n) is 3.47. The van der Waals surface area contributed by atoms with Crippen molar-refractivity contribution in [3.63, 3.8) is 0 Å². The minimum absolute atomic E-state index is 0.0231. The summed E-state index contributed by atoms with van der Waals surface area (Å²) in [5.74, 6) is -0.457. The monoisotopic (exact) mass is 174 g/mol. The molecule has 0 radical (unpaired) electrons. The zero-order valence-corrected chi connectivity index (χ0v) is 7.41. The Balaban J connectivity index is 2.49. The van der Waals surface area contributed by atoms with Crippen LogP contribution in [0.15, 0.2) is 18.2 Å². The molecule has 1 aliphatic carbocycles. The molecule has 1 aliphatic rings. The molecular formula is C11H10O2. The van der Waals surface area contributed by atoms with Crippen molar-refractivity contribution < 1.29 is 9.59 Å². The van der Waals surface area contributed by atoms with E-state index in [0.29, 0.717) is 6.42 Å². The molecular weight excluding hydrogens is 164 g/mol. The lowest BCUT2D eigenvalue weighted by molar-refractivity contribution is -0.109. The first-order valence-corrected chi connectivity index (χ1v) is 4.31. The summed E-state index contributed by atoms with van der Waals surface area (Å²) in [7, 11) is 0. The zero-order valence-electron chi connectivity index (χ0n) is 7.41. The van der Waals surface area contributed by atoms with E-state index in [-0.39, 0.29) is 5.78 Å². The normalized spacial score (nSPS) is 20.1. The Labute approximate surface area is 76.6 Å². The Morgan fingerprint density at radius 3 is 2.92 bits per heavy atom. The van der Waals surface area contributed by atoms with Gasteiger partial charge in [0.1, 0.15) is 6.29 Å². The summed E-state index contributed by atoms with van der Waals surface area (Å²) in [6, 6.07) is 5.71. The molecule has 0 spiro atoms. The van der Waals surface area contributed by atoms with Crippen LogP contribution < -0.4 is 0 Å². The molecule has 0 N–H and O–H groups in total. The van der Waals surface area contributed by atoms with Crippen molar-refractivity contribution in [2.75, 3.05) is 0 Å². The van der Waals surface area contributed by atoms with Crippen molar-refractivity contribution in [2.24, 2.45) is 5.92 Å². The standard InChI is InChI=1S/C11H10O2/c1-7-2-3-10-8(4-7)5-9(6-12)11(10)13/h2-4,6,9H,5H2,1H3. The minimum atomic E-state index is -0.434. The molecule has 2 rings (SSSR count). The Morgan fingerprint density at radius 1 is 1.46 bits per heavy atom. The summed E-state index contributed by atoms with van der Waals surface area (Å²) >= 11 is 0. The van der Waals surface area contributed by atoms with Crippen molar-refractivity contribution in [3.05, 3.63) is 34.9 Å². The van der Waals surface area contributed by atoms with E-state index < -0.39 is 5.92 Å². The van der Waals surface area contributed by atoms with Crippen molar-refractivity contribution in [2.45, 2.75) is 13.3 Å². The maximum Gasteiger partial charge on any atom is 0.173 e. The van der Waals surface area contributed by atoms with E-state index >= 15 is 0 Å². The number of hydrogen-bond donors (Lipinski definition) is 0. The Kier molecular flexibility index (Phi) is 1.76. The molecule has 0 amide bonds. The van der Waals surface area contributed by atoms with Gasteiger partial charge in [-0.2, -0.15) is 0 Å². The number of aryl methyl sites for hydroxylation is 1. The van der Waals surface area contributed by atoms with Gasteiger partial charge in [-0.15, -0.1) is 0 Å². The van der Waals surface area contributed by atoms with Crippen LogP contribution in [0, 0.1) is 12.8 Å². The van der Waals surface area contributed by atoms with E-state index in [9.17, 15) is 9.59 Å². The van der Waals surface area contributed by atoms with Crippen molar-refractivity contribution in [1.29, 1.82) is 0 Å². The van der Waals surface area contributed by atoms with Crippen LogP contribution in [0.5, 0.6) is 0 Å². The van der Waals surface area contributed by atoms with Gasteiger partial charge in [-0.1, -0.05) is 23.8 Å². The molecule has 1 unspecified atom stereocenters. The van der Waals surface area contributed by atoms with Gasteiger partial charge in [-0.25, -0.2) is 0 Å². The van der Waals surface area contributed by atoms with Gasteiger partial charge in [0.2, 0.25) is 0 Å². The lowest BCUT2D eigenvalue weighted by Crippen LogP contribution is -2.09. The van der Waals surface area contributed by atoms with Crippen LogP contribution in [0.3, 0.4) is 0 Å². The highest BCUT2D eigenvalue weighted by atomic mass is 16.1. The quantitative estimate of drug-likeness (QED) is 0.478. The van der Waals surface area contributed by atoms with E-state index in [4.69, 9.17) is 0 Å². The summed E-state index contributed by atoms with van der Waals surface area (Å²) in [5, 5.41) is 0. The van der Waals surface area contributed by atoms with Crippen LogP contribution >= 0.6 is 0 Å². The van der Waals surface area contributed by atoms with Crippen molar-refractivity contribution in [3.8, 4) is 0 Å². The Hall–Kier alpha value is -1.44. The van der Waals surface area contributed by atoms with Gasteiger partial charge < -0.3 is 4.79 Å². The maximum atomic E-state index is 11.5. The second kappa shape index (κ2) is 2.80. The number of benzene rings is 1. The number of carbonyl (C=O) groups excluding carboxylic acids is 2. The summed E-state index contributed by atoms with van der Waals surface area (Å²) in [6.07, 6.45) is 1.33. The van der Waals surface area contributed by atoms with Crippen LogP contribution in [0.25, 0.3) is 0 Å². The Bertz CT molecular complexity index is 380. The first-order chi connectivity index (χ1) is 6.22. The number of carbonyl (C=O) groups is 2. The molecule has 0 aromatic heterocycles. The number of aldehydes is 1. The molecule has 1 aromatic rings. The van der Waals surface area contributed by atoms with Gasteiger partial charge >= 0.3 is 0 Å². The average molecular weight is 174 g/mol. The average Bonchev–Trinajstić information content (AvgIpc) is 2.42. The molecule has 1 atom stereocenters. The van der Waals surface area contributed by atoms with Crippen LogP contribution in [-0.2, 0) is 11.2 Å². The highest BCUT2D eigenvalue weighted by Crippen LogP contribution is 2.26. The molecule has 0 saturated heterocycles. The van der Waals surface area contributed by atoms with Crippen molar-refractivity contribution in [1.82, 2.24) is 0 Å². The minimum Gasteiger partial charge on any atom is -0.303 e. The molecule has 1 aromatic carbocycles. The predicted octanol–water partition coefficient (Wildman–Crippen LogP) is 1.55. The molecule has 0 heterocycles. The number of rotatable bonds is 1. The van der Waals surface area contributed by atoms with Crippen LogP contribution in [0.1, 0.15) is 21.5 Å². The Morgan fingerprint density at radius 2 is 2.23 bits per heavy atom. The fourth-order valence-corrected chi connectivity index (χ4v) is 1.77. The van der Waals surface area contributed by atoms with Gasteiger partial charge in [0.25, 0.3) is 0 Å². The highest BCUT2D eigenvalue weighted by Gasteiger charge is 2.29. The van der Waals surface area contributed by atoms with E-state index in [1.165, 1.54) is 0 Å². The molecule has 13 heavy (non-hydrogen) atoms. The van der Waals surface area contributed by atoms with Gasteiger partial charge in [0, 0.05) is 5.56 Å². The van der Waals surface area contributed by atoms with Crippen molar-refractivity contribution >= 4 is 12.1 Å². The first-order valence-electron chi connectivity index (χ1n) is 4.31. The zero-order chi connectivity index (χ0) is 9.42. The molecule has 0 bridgehead atoms. The third-order valence-electron chi connectivity index (χ3n) is 2.47. The van der Waals surface area contributed by atoms with E-state index in [2.05, 4.69) is 0 Å². The maximum absolute atomic E-state index is 11.5. The largest absolute Gasteiger partial charge is 0.303 e. The van der Waals surface area contributed by atoms with Gasteiger partial charge in [-0.05, 0) is 18.9 Å². The third-order valence-corrected chi connectivity index (χ3v) is 2.47. The number of hydrogen-bond acceptors (Lipinski definition) is 2. The number of fused-ring (bicyclic) bond motifs is 1. The van der Waals surface area contributed by atoms with Crippen LogP contribution in [0.4, 0.5) is 0 Å². The number of Topliss-reactive ketones (excluding diaryl/α,β-unsaturated/α-hetero) is 1. The topological polar surface area (TPSA) is 34.1 Å². The fraction of sp³-hybridized carbons (Fsp3) is 0.273. The van der Waals surface area contributed by atoms with Gasteiger partial charge in [-0.3, -0.25) is 4.79 Å². The van der Waals surface area contributed by atoms with Gasteiger partial charge in [0.05, 0.1) is 5.92 Å². The molecule has 0 fully saturated rings. The number of ketones is 1. The predicted molar refractivity (Wildman–Crippen MR) is 48.8 cm³/mol. The fourth-order valence-electron chi connectivity index (χ4n) is 1.77. The molecule has 66 valence electrons. The van der Waals surface area contributed by atoms with Gasteiger partial charge in [0.15, 0.2) is 5.78 Å². The van der Waals surface area contributed by atoms with Crippen LogP contribution in [0.2, 0.25) is 0 Å². The molecule has 0 aliphatic heterocycles. The third kappa shape index (κ3) is 1.18. The molecule has 0 saturated carbocycles. The summed E-state index contributed by atoms with van der Waals surface area (Å²) in [5.41, 5.74) is 2.88. The van der Waals surface area contributed by atoms with Crippen LogP contribution in [-0.4, -0.2) is 12.1 Å². The molecule has 2 nitrogen and oxygen atoms in total. The summed E-state index contributed by atoms with van der Waals surface area (Å²) < 4.78 is 0. The molecule has 2 heteroatoms. The first kappa shape index (κ1) is 8.17. The van der Waals surface area contributed by atoms with E-state index in [1.54, 1.807) is 0 Å². The lowest BCUT2D eigenvalue weighted by atomic mass is 10.1. The SMILES string of the molecule is Cc1ccc2c(c1)CC(C=O)C2=O. The van der Waals surface area contributed by atoms with E-state index in [1.807, 2.05) is 25.1 Å². The smallest absolute Gasteiger partial charge is 0.173 e. The van der Waals surface area contributed by atoms with E-state index in [0.717, 1.165) is 23.0 Å². The summed E-state index contributed by atoms with van der Waals surface area (Å²) in [6.45, 7) is 1.99. The lowest BCUT2D eigenvalue weighted by Gasteiger charge is -1.97.